The van der Waals surface area contributed by atoms with Gasteiger partial charge in [0.15, 0.2) is 0 Å². The van der Waals surface area contributed by atoms with Crippen molar-refractivity contribution >= 4 is 11.4 Å². The predicted octanol–water partition coefficient (Wildman–Crippen LogP) is 4.11. The van der Waals surface area contributed by atoms with Crippen LogP contribution in [0.5, 0.6) is 0 Å². The zero-order chi connectivity index (χ0) is 15.7. The first-order valence-electron chi connectivity index (χ1n) is 6.60. The average Bonchev–Trinajstić information content (AvgIpc) is 2.38. The highest BCUT2D eigenvalue weighted by Crippen LogP contribution is 2.49. The molecule has 0 amide bonds. The molecule has 2 rings (SSSR count). The summed E-state index contributed by atoms with van der Waals surface area (Å²) < 4.78 is 41.8. The molecule has 0 fully saturated rings. The molecule has 112 valence electrons. The topological polar surface area (TPSA) is 52.0 Å². The van der Waals surface area contributed by atoms with E-state index in [1.54, 1.807) is 12.1 Å². The van der Waals surface area contributed by atoms with Crippen LogP contribution in [-0.2, 0) is 5.41 Å². The Hall–Kier alpha value is -2.17. The molecule has 0 aromatic heterocycles. The zero-order valence-corrected chi connectivity index (χ0v) is 11.6. The number of hydrogen-bond donors (Lipinski definition) is 2. The van der Waals surface area contributed by atoms with Crippen molar-refractivity contribution in [1.82, 2.24) is 0 Å². The molecule has 2 aromatic rings. The molecule has 0 aliphatic carbocycles. The van der Waals surface area contributed by atoms with Gasteiger partial charge in [0.1, 0.15) is 5.41 Å². The molecule has 0 aliphatic rings. The minimum absolute atomic E-state index is 0.128. The van der Waals surface area contributed by atoms with Crippen LogP contribution >= 0.6 is 0 Å². The van der Waals surface area contributed by atoms with Gasteiger partial charge in [-0.05, 0) is 41.8 Å². The van der Waals surface area contributed by atoms with E-state index >= 15 is 0 Å². The maximum atomic E-state index is 13.9. The standard InChI is InChI=1S/C16H17F3N2/c1-2-15(16(17,18)19,11-5-3-7-13(20)9-11)12-6-4-8-14(21)10-12/h3-10H,2,20-21H2,1H3. The minimum Gasteiger partial charge on any atom is -0.399 e. The largest absolute Gasteiger partial charge is 0.402 e. The second kappa shape index (κ2) is 5.31. The number of nitrogens with two attached hydrogens (primary N) is 2. The fourth-order valence-corrected chi connectivity index (χ4v) is 2.71. The van der Waals surface area contributed by atoms with E-state index < -0.39 is 11.6 Å². The Morgan fingerprint density at radius 2 is 1.29 bits per heavy atom. The van der Waals surface area contributed by atoms with Gasteiger partial charge in [-0.15, -0.1) is 0 Å². The Kier molecular flexibility index (Phi) is 3.85. The van der Waals surface area contributed by atoms with Crippen molar-refractivity contribution < 1.29 is 13.2 Å². The molecule has 5 heteroatoms. The van der Waals surface area contributed by atoms with Gasteiger partial charge >= 0.3 is 6.18 Å². The number of anilines is 2. The quantitative estimate of drug-likeness (QED) is 0.837. The molecule has 21 heavy (non-hydrogen) atoms. The number of nitrogen functional groups attached to an aromatic ring is 2. The molecule has 0 atom stereocenters. The number of benzene rings is 2. The molecule has 0 bridgehead atoms. The molecule has 0 saturated heterocycles. The van der Waals surface area contributed by atoms with E-state index in [1.807, 2.05) is 0 Å². The summed E-state index contributed by atoms with van der Waals surface area (Å²) in [5.74, 6) is 0. The van der Waals surface area contributed by atoms with Crippen molar-refractivity contribution in [2.75, 3.05) is 11.5 Å². The average molecular weight is 294 g/mol. The summed E-state index contributed by atoms with van der Waals surface area (Å²) in [5, 5.41) is 0. The fraction of sp³-hybridized carbons (Fsp3) is 0.250. The van der Waals surface area contributed by atoms with Gasteiger partial charge in [-0.2, -0.15) is 13.2 Å². The normalized spacial score (nSPS) is 12.4. The molecule has 0 spiro atoms. The van der Waals surface area contributed by atoms with E-state index in [-0.39, 0.29) is 17.5 Å². The lowest BCUT2D eigenvalue weighted by Gasteiger charge is -2.36. The minimum atomic E-state index is -4.46. The summed E-state index contributed by atoms with van der Waals surface area (Å²) in [5.41, 5.74) is 10.1. The summed E-state index contributed by atoms with van der Waals surface area (Å²) in [7, 11) is 0. The van der Waals surface area contributed by atoms with E-state index in [4.69, 9.17) is 11.5 Å². The summed E-state index contributed by atoms with van der Waals surface area (Å²) in [6, 6.07) is 11.9. The fourth-order valence-electron chi connectivity index (χ4n) is 2.71. The SMILES string of the molecule is CCC(c1cccc(N)c1)(c1cccc(N)c1)C(F)(F)F. The van der Waals surface area contributed by atoms with E-state index in [0.29, 0.717) is 11.4 Å². The van der Waals surface area contributed by atoms with Gasteiger partial charge in [0.25, 0.3) is 0 Å². The van der Waals surface area contributed by atoms with Gasteiger partial charge in [0, 0.05) is 11.4 Å². The van der Waals surface area contributed by atoms with Crippen LogP contribution in [0.2, 0.25) is 0 Å². The molecule has 0 saturated carbocycles. The molecule has 0 unspecified atom stereocenters. The third kappa shape index (κ3) is 2.55. The van der Waals surface area contributed by atoms with Crippen LogP contribution in [0, 0.1) is 0 Å². The summed E-state index contributed by atoms with van der Waals surface area (Å²) >= 11 is 0. The van der Waals surface area contributed by atoms with Crippen LogP contribution in [-0.4, -0.2) is 6.18 Å². The second-order valence-corrected chi connectivity index (χ2v) is 5.01. The van der Waals surface area contributed by atoms with Crippen molar-refractivity contribution in [3.8, 4) is 0 Å². The van der Waals surface area contributed by atoms with Crippen molar-refractivity contribution in [3.63, 3.8) is 0 Å². The monoisotopic (exact) mass is 294 g/mol. The van der Waals surface area contributed by atoms with Crippen molar-refractivity contribution in [2.45, 2.75) is 24.9 Å². The molecular formula is C16H17F3N2. The third-order valence-corrected chi connectivity index (χ3v) is 3.77. The van der Waals surface area contributed by atoms with Gasteiger partial charge in [-0.1, -0.05) is 31.2 Å². The van der Waals surface area contributed by atoms with E-state index in [1.165, 1.54) is 43.3 Å². The molecule has 0 heterocycles. The lowest BCUT2D eigenvalue weighted by molar-refractivity contribution is -0.179. The van der Waals surface area contributed by atoms with Gasteiger partial charge in [-0.3, -0.25) is 0 Å². The number of halogens is 3. The Morgan fingerprint density at radius 1 is 0.857 bits per heavy atom. The van der Waals surface area contributed by atoms with Crippen LogP contribution < -0.4 is 11.5 Å². The third-order valence-electron chi connectivity index (χ3n) is 3.77. The zero-order valence-electron chi connectivity index (χ0n) is 11.6. The van der Waals surface area contributed by atoms with E-state index in [2.05, 4.69) is 0 Å². The van der Waals surface area contributed by atoms with Crippen molar-refractivity contribution in [3.05, 3.63) is 59.7 Å². The van der Waals surface area contributed by atoms with E-state index in [0.717, 1.165) is 0 Å². The number of hydrogen-bond acceptors (Lipinski definition) is 2. The van der Waals surface area contributed by atoms with Crippen LogP contribution in [0.25, 0.3) is 0 Å². The van der Waals surface area contributed by atoms with Crippen molar-refractivity contribution in [1.29, 1.82) is 0 Å². The Morgan fingerprint density at radius 3 is 1.57 bits per heavy atom. The number of alkyl halides is 3. The van der Waals surface area contributed by atoms with Crippen molar-refractivity contribution in [2.24, 2.45) is 0 Å². The smallest absolute Gasteiger partial charge is 0.399 e. The first kappa shape index (κ1) is 15.2. The first-order valence-corrected chi connectivity index (χ1v) is 6.60. The second-order valence-electron chi connectivity index (χ2n) is 5.01. The van der Waals surface area contributed by atoms with Gasteiger partial charge in [0.05, 0.1) is 0 Å². The molecule has 2 aromatic carbocycles. The molecular weight excluding hydrogens is 277 g/mol. The van der Waals surface area contributed by atoms with Gasteiger partial charge < -0.3 is 11.5 Å². The lowest BCUT2D eigenvalue weighted by Crippen LogP contribution is -2.43. The summed E-state index contributed by atoms with van der Waals surface area (Å²) in [6.45, 7) is 1.51. The Bertz CT molecular complexity index is 590. The molecule has 2 nitrogen and oxygen atoms in total. The highest BCUT2D eigenvalue weighted by Gasteiger charge is 2.55. The van der Waals surface area contributed by atoms with Crippen LogP contribution in [0.4, 0.5) is 24.5 Å². The van der Waals surface area contributed by atoms with Crippen LogP contribution in [0.15, 0.2) is 48.5 Å². The maximum absolute atomic E-state index is 13.9. The highest BCUT2D eigenvalue weighted by molar-refractivity contribution is 5.52. The number of rotatable bonds is 3. The maximum Gasteiger partial charge on any atom is 0.402 e. The molecule has 0 aliphatic heterocycles. The lowest BCUT2D eigenvalue weighted by atomic mass is 9.71. The van der Waals surface area contributed by atoms with Gasteiger partial charge in [0.2, 0.25) is 0 Å². The Labute approximate surface area is 121 Å². The molecule has 4 N–H and O–H groups in total. The Balaban J connectivity index is 2.76. The van der Waals surface area contributed by atoms with E-state index in [9.17, 15) is 13.2 Å². The van der Waals surface area contributed by atoms with Crippen LogP contribution in [0.3, 0.4) is 0 Å². The molecule has 0 radical (unpaired) electrons. The predicted molar refractivity (Wildman–Crippen MR) is 78.8 cm³/mol. The summed E-state index contributed by atoms with van der Waals surface area (Å²) in [6.07, 6.45) is -4.59. The summed E-state index contributed by atoms with van der Waals surface area (Å²) in [4.78, 5) is 0. The highest BCUT2D eigenvalue weighted by atomic mass is 19.4. The first-order chi connectivity index (χ1) is 9.81. The van der Waals surface area contributed by atoms with Crippen LogP contribution in [0.1, 0.15) is 24.5 Å². The van der Waals surface area contributed by atoms with Gasteiger partial charge in [-0.25, -0.2) is 0 Å².